The summed E-state index contributed by atoms with van der Waals surface area (Å²) in [5.74, 6) is 0.348. The van der Waals surface area contributed by atoms with E-state index in [1.807, 2.05) is 32.3 Å². The van der Waals surface area contributed by atoms with Crippen LogP contribution in [-0.4, -0.2) is 116 Å². The van der Waals surface area contributed by atoms with Crippen molar-refractivity contribution in [3.63, 3.8) is 0 Å². The van der Waals surface area contributed by atoms with Crippen molar-refractivity contribution < 1.29 is 31.4 Å². The first-order valence-corrected chi connectivity index (χ1v) is 19.6. The van der Waals surface area contributed by atoms with Gasteiger partial charge in [0.25, 0.3) is 0 Å². The van der Waals surface area contributed by atoms with E-state index >= 15 is 0 Å². The third-order valence-electron chi connectivity index (χ3n) is 9.14. The highest BCUT2D eigenvalue weighted by atomic mass is 32.2. The van der Waals surface area contributed by atoms with Crippen molar-refractivity contribution in [2.45, 2.75) is 53.3 Å². The number of likely N-dealkylation sites (N-methyl/N-ethyl adjacent to an activating group) is 1. The Balaban J connectivity index is 1.08. The molecule has 2 aliphatic heterocycles. The molecule has 5 rings (SSSR count). The molecule has 1 spiro atoms. The smallest absolute Gasteiger partial charge is 0.243 e. The first kappa shape index (κ1) is 37.3. The maximum Gasteiger partial charge on any atom is 0.243 e. The number of hydrogen-bond donors (Lipinski definition) is 4. The van der Waals surface area contributed by atoms with Crippen molar-refractivity contribution in [2.75, 3.05) is 67.1 Å². The van der Waals surface area contributed by atoms with Gasteiger partial charge in [-0.25, -0.2) is 21.6 Å². The number of piperidine rings is 1. The van der Waals surface area contributed by atoms with Crippen LogP contribution in [0.4, 0.5) is 0 Å². The second-order valence-corrected chi connectivity index (χ2v) is 16.9. The monoisotopic (exact) mass is 715 g/mol. The van der Waals surface area contributed by atoms with Crippen LogP contribution < -0.4 is 20.1 Å². The zero-order valence-corrected chi connectivity index (χ0v) is 30.1. The Labute approximate surface area is 290 Å². The minimum absolute atomic E-state index is 0.0110. The first-order valence-electron chi connectivity index (χ1n) is 16.7. The number of sulfonamides is 2. The van der Waals surface area contributed by atoms with Crippen LogP contribution in [0.2, 0.25) is 0 Å². The van der Waals surface area contributed by atoms with Gasteiger partial charge in [-0.15, -0.1) is 0 Å². The predicted molar refractivity (Wildman–Crippen MR) is 189 cm³/mol. The molecule has 4 N–H and O–H groups in total. The van der Waals surface area contributed by atoms with Gasteiger partial charge in [0.1, 0.15) is 18.5 Å². The van der Waals surface area contributed by atoms with Crippen LogP contribution >= 0.6 is 0 Å². The molecular weight excluding hydrogens is 667 g/mol. The standard InChI is InChI=1S/C35H49N5O7S2/c1-36-48(42,43)33-8-5-7-32(21-33)46-26-31(41)24-38-30-22-35(47-25-30)14-17-40(18-15-35)49(44,45)34-9-4-6-29(20-34)28-12-10-27(11-13-28)23-37-16-19-39(2)3/h4-13,20-21,30-31,36-38,41H,14-19,22-26H2,1-3H3. The summed E-state index contributed by atoms with van der Waals surface area (Å²) in [6.45, 7) is 4.12. The van der Waals surface area contributed by atoms with Gasteiger partial charge in [-0.3, -0.25) is 0 Å². The number of nitrogens with zero attached hydrogens (tertiary/aromatic N) is 2. The van der Waals surface area contributed by atoms with Crippen molar-refractivity contribution in [2.24, 2.45) is 0 Å². The highest BCUT2D eigenvalue weighted by molar-refractivity contribution is 7.89. The molecule has 3 aromatic rings. The Kier molecular flexibility index (Phi) is 12.5. The van der Waals surface area contributed by atoms with E-state index in [2.05, 4.69) is 32.4 Å². The quantitative estimate of drug-likeness (QED) is 0.163. The van der Waals surface area contributed by atoms with E-state index in [-0.39, 0.29) is 29.0 Å². The molecule has 0 saturated carbocycles. The molecule has 2 heterocycles. The van der Waals surface area contributed by atoms with Crippen LogP contribution in [0, 0.1) is 0 Å². The van der Waals surface area contributed by atoms with Gasteiger partial charge in [0.05, 0.1) is 22.0 Å². The number of hydrogen-bond acceptors (Lipinski definition) is 10. The third-order valence-corrected chi connectivity index (χ3v) is 12.4. The molecule has 2 unspecified atom stereocenters. The average molecular weight is 716 g/mol. The van der Waals surface area contributed by atoms with Crippen molar-refractivity contribution in [3.05, 3.63) is 78.4 Å². The third kappa shape index (κ3) is 9.87. The molecule has 49 heavy (non-hydrogen) atoms. The zero-order valence-electron chi connectivity index (χ0n) is 28.5. The van der Waals surface area contributed by atoms with E-state index in [9.17, 15) is 21.9 Å². The highest BCUT2D eigenvalue weighted by Crippen LogP contribution is 2.37. The molecular formula is C35H49N5O7S2. The van der Waals surface area contributed by atoms with Gasteiger partial charge in [0.2, 0.25) is 20.0 Å². The van der Waals surface area contributed by atoms with Crippen LogP contribution in [0.3, 0.4) is 0 Å². The lowest BCUT2D eigenvalue weighted by atomic mass is 9.88. The fourth-order valence-electron chi connectivity index (χ4n) is 6.20. The van der Waals surface area contributed by atoms with Crippen molar-refractivity contribution in [1.82, 2.24) is 24.6 Å². The normalized spacial score (nSPS) is 19.0. The number of aliphatic hydroxyl groups is 1. The van der Waals surface area contributed by atoms with Crippen LogP contribution in [0.25, 0.3) is 11.1 Å². The summed E-state index contributed by atoms with van der Waals surface area (Å²) in [7, 11) is -1.84. The summed E-state index contributed by atoms with van der Waals surface area (Å²) in [6.07, 6.45) is 1.07. The molecule has 0 radical (unpaired) electrons. The molecule has 0 aromatic heterocycles. The van der Waals surface area contributed by atoms with Gasteiger partial charge in [0.15, 0.2) is 0 Å². The Morgan fingerprint density at radius 1 is 0.980 bits per heavy atom. The van der Waals surface area contributed by atoms with Crippen LogP contribution in [0.5, 0.6) is 5.75 Å². The van der Waals surface area contributed by atoms with Crippen molar-refractivity contribution in [1.29, 1.82) is 0 Å². The minimum atomic E-state index is -3.68. The second-order valence-electron chi connectivity index (χ2n) is 13.1. The summed E-state index contributed by atoms with van der Waals surface area (Å²) < 4.78 is 67.2. The van der Waals surface area contributed by atoms with E-state index in [0.717, 1.165) is 37.2 Å². The van der Waals surface area contributed by atoms with Crippen LogP contribution in [0.15, 0.2) is 82.6 Å². The molecule has 0 aliphatic carbocycles. The largest absolute Gasteiger partial charge is 0.491 e. The van der Waals surface area contributed by atoms with Crippen molar-refractivity contribution >= 4 is 20.0 Å². The number of aliphatic hydroxyl groups excluding tert-OH is 1. The summed E-state index contributed by atoms with van der Waals surface area (Å²) in [5.41, 5.74) is 2.59. The zero-order chi connectivity index (χ0) is 35.1. The Hall–Kier alpha value is -2.92. The highest BCUT2D eigenvalue weighted by Gasteiger charge is 2.44. The molecule has 3 aromatic carbocycles. The van der Waals surface area contributed by atoms with E-state index < -0.39 is 31.8 Å². The van der Waals surface area contributed by atoms with E-state index in [1.165, 1.54) is 24.7 Å². The molecule has 2 atom stereocenters. The predicted octanol–water partition coefficient (Wildman–Crippen LogP) is 2.25. The molecule has 2 aliphatic rings. The lowest BCUT2D eigenvalue weighted by molar-refractivity contribution is -0.0312. The molecule has 268 valence electrons. The van der Waals surface area contributed by atoms with Crippen LogP contribution in [-0.2, 0) is 31.3 Å². The molecule has 2 fully saturated rings. The summed E-state index contributed by atoms with van der Waals surface area (Å²) in [5, 5.41) is 17.3. The fraction of sp³-hybridized carbons (Fsp3) is 0.486. The lowest BCUT2D eigenvalue weighted by Gasteiger charge is -2.38. The van der Waals surface area contributed by atoms with Gasteiger partial charge in [-0.05, 0) is 81.4 Å². The molecule has 2 saturated heterocycles. The topological polar surface area (TPSA) is 150 Å². The van der Waals surface area contributed by atoms with Gasteiger partial charge in [0, 0.05) is 51.4 Å². The van der Waals surface area contributed by atoms with Gasteiger partial charge >= 0.3 is 0 Å². The number of ether oxygens (including phenoxy) is 2. The van der Waals surface area contributed by atoms with E-state index in [0.29, 0.717) is 38.3 Å². The molecule has 12 nitrogen and oxygen atoms in total. The minimum Gasteiger partial charge on any atom is -0.491 e. The number of rotatable bonds is 16. The fourth-order valence-corrected chi connectivity index (χ4v) is 8.45. The van der Waals surface area contributed by atoms with Gasteiger partial charge < -0.3 is 30.1 Å². The van der Waals surface area contributed by atoms with E-state index in [4.69, 9.17) is 9.47 Å². The lowest BCUT2D eigenvalue weighted by Crippen LogP contribution is -2.47. The SMILES string of the molecule is CNS(=O)(=O)c1cccc(OCC(O)CNC2COC3(CCN(S(=O)(=O)c4cccc(-c5ccc(CNCCN(C)C)cc5)c4)CC3)C2)c1. The average Bonchev–Trinajstić information content (AvgIpc) is 3.50. The summed E-state index contributed by atoms with van der Waals surface area (Å²) >= 11 is 0. The molecule has 14 heteroatoms. The van der Waals surface area contributed by atoms with E-state index in [1.54, 1.807) is 34.6 Å². The summed E-state index contributed by atoms with van der Waals surface area (Å²) in [4.78, 5) is 2.51. The van der Waals surface area contributed by atoms with Crippen LogP contribution in [0.1, 0.15) is 24.8 Å². The Morgan fingerprint density at radius 3 is 2.41 bits per heavy atom. The Morgan fingerprint density at radius 2 is 1.69 bits per heavy atom. The number of nitrogens with one attached hydrogen (secondary N) is 3. The number of benzene rings is 3. The maximum absolute atomic E-state index is 13.7. The summed E-state index contributed by atoms with van der Waals surface area (Å²) in [6, 6.07) is 21.5. The van der Waals surface area contributed by atoms with Crippen molar-refractivity contribution in [3.8, 4) is 16.9 Å². The first-order chi connectivity index (χ1) is 23.4. The van der Waals surface area contributed by atoms with Gasteiger partial charge in [-0.2, -0.15) is 4.31 Å². The molecule has 0 amide bonds. The second kappa shape index (κ2) is 16.4. The van der Waals surface area contributed by atoms with Gasteiger partial charge in [-0.1, -0.05) is 42.5 Å². The maximum atomic E-state index is 13.7. The Bertz CT molecular complexity index is 1750. The molecule has 0 bridgehead atoms.